The highest BCUT2D eigenvalue weighted by Gasteiger charge is 2.58. The average molecular weight is 240 g/mol. The molecule has 0 aromatic carbocycles. The van der Waals surface area contributed by atoms with E-state index in [1.807, 2.05) is 0 Å². The van der Waals surface area contributed by atoms with Crippen LogP contribution in [0.2, 0.25) is 0 Å². The summed E-state index contributed by atoms with van der Waals surface area (Å²) in [6.07, 6.45) is 1.38. The van der Waals surface area contributed by atoms with E-state index in [9.17, 15) is 9.59 Å². The number of carbonyl (C=O) groups is 2. The molecular weight excluding hydrogens is 224 g/mol. The highest BCUT2D eigenvalue weighted by atomic mass is 16.6. The van der Waals surface area contributed by atoms with Crippen LogP contribution in [0, 0.1) is 0 Å². The van der Waals surface area contributed by atoms with Crippen molar-refractivity contribution in [1.82, 2.24) is 9.80 Å². The monoisotopic (exact) mass is 240 g/mol. The topological polar surface area (TPSA) is 65.7 Å². The lowest BCUT2D eigenvalue weighted by Crippen LogP contribution is -2.50. The number of ether oxygens (including phenoxy) is 2. The van der Waals surface area contributed by atoms with Gasteiger partial charge < -0.3 is 14.4 Å². The second-order valence-electron chi connectivity index (χ2n) is 5.06. The minimum Gasteiger partial charge on any atom is -0.373 e. The summed E-state index contributed by atoms with van der Waals surface area (Å²) >= 11 is 0. The Balaban J connectivity index is 1.89. The van der Waals surface area contributed by atoms with Crippen LogP contribution < -0.4 is 0 Å². The zero-order chi connectivity index (χ0) is 12.2. The molecule has 2 atom stereocenters. The average Bonchev–Trinajstić information content (AvgIpc) is 3.18. The van der Waals surface area contributed by atoms with E-state index in [1.54, 1.807) is 11.9 Å². The normalized spacial score (nSPS) is 40.1. The highest BCUT2D eigenvalue weighted by Crippen LogP contribution is 2.39. The molecule has 0 radical (unpaired) electrons. The Morgan fingerprint density at radius 3 is 1.94 bits per heavy atom. The summed E-state index contributed by atoms with van der Waals surface area (Å²) in [7, 11) is 3.22. The van der Waals surface area contributed by atoms with Gasteiger partial charge in [-0.05, 0) is 0 Å². The molecule has 2 unspecified atom stereocenters. The van der Waals surface area contributed by atoms with Gasteiger partial charge in [0.15, 0.2) is 0 Å². The number of hydrogen-bond donors (Lipinski definition) is 0. The van der Waals surface area contributed by atoms with Crippen LogP contribution in [0.4, 0.5) is 4.79 Å². The summed E-state index contributed by atoms with van der Waals surface area (Å²) in [6, 6.07) is -0.240. The van der Waals surface area contributed by atoms with Crippen molar-refractivity contribution in [2.75, 3.05) is 27.3 Å². The van der Waals surface area contributed by atoms with E-state index in [-0.39, 0.29) is 24.1 Å². The molecule has 6 heteroatoms. The van der Waals surface area contributed by atoms with Crippen LogP contribution in [0.1, 0.15) is 12.8 Å². The lowest BCUT2D eigenvalue weighted by atomic mass is 9.87. The zero-order valence-electron chi connectivity index (χ0n) is 10.0. The molecule has 0 bridgehead atoms. The lowest BCUT2D eigenvalue weighted by molar-refractivity contribution is -0.133. The minimum atomic E-state index is -0.756. The molecule has 3 rings (SSSR count). The van der Waals surface area contributed by atoms with Crippen molar-refractivity contribution in [1.29, 1.82) is 0 Å². The standard InChI is InChI=1S/C11H16N2O4/c1-12-9(14)11(3-7-5-16-7,4-8-6-17-8)13(2)10(12)15/h7-8H,3-6H2,1-2H3. The fourth-order valence-electron chi connectivity index (χ4n) is 2.61. The fraction of sp³-hybridized carbons (Fsp3) is 0.818. The van der Waals surface area contributed by atoms with E-state index in [0.29, 0.717) is 26.1 Å². The number of hydrogen-bond acceptors (Lipinski definition) is 4. The van der Waals surface area contributed by atoms with E-state index >= 15 is 0 Å². The molecule has 3 fully saturated rings. The second-order valence-corrected chi connectivity index (χ2v) is 5.06. The Bertz CT molecular complexity index is 362. The maximum atomic E-state index is 12.3. The van der Waals surface area contributed by atoms with Gasteiger partial charge in [0, 0.05) is 26.9 Å². The van der Waals surface area contributed by atoms with Crippen molar-refractivity contribution in [3.8, 4) is 0 Å². The molecule has 3 amide bonds. The number of urea groups is 1. The number of nitrogens with zero attached hydrogens (tertiary/aromatic N) is 2. The molecule has 3 aliphatic rings. The van der Waals surface area contributed by atoms with Gasteiger partial charge in [-0.1, -0.05) is 0 Å². The first-order chi connectivity index (χ1) is 8.04. The van der Waals surface area contributed by atoms with Gasteiger partial charge in [0.2, 0.25) is 0 Å². The smallest absolute Gasteiger partial charge is 0.327 e. The molecule has 0 N–H and O–H groups in total. The van der Waals surface area contributed by atoms with Crippen LogP contribution >= 0.6 is 0 Å². The predicted molar refractivity (Wildman–Crippen MR) is 57.4 cm³/mol. The Morgan fingerprint density at radius 1 is 1.18 bits per heavy atom. The van der Waals surface area contributed by atoms with Crippen molar-refractivity contribution in [3.63, 3.8) is 0 Å². The molecule has 3 heterocycles. The van der Waals surface area contributed by atoms with Crippen molar-refractivity contribution < 1.29 is 19.1 Å². The van der Waals surface area contributed by atoms with E-state index in [0.717, 1.165) is 0 Å². The van der Waals surface area contributed by atoms with Crippen molar-refractivity contribution in [2.45, 2.75) is 30.6 Å². The van der Waals surface area contributed by atoms with Gasteiger partial charge >= 0.3 is 6.03 Å². The van der Waals surface area contributed by atoms with E-state index in [4.69, 9.17) is 9.47 Å². The van der Waals surface area contributed by atoms with Crippen LogP contribution in [0.15, 0.2) is 0 Å². The number of amides is 3. The second kappa shape index (κ2) is 3.43. The first kappa shape index (κ1) is 11.0. The minimum absolute atomic E-state index is 0.111. The zero-order valence-corrected chi connectivity index (χ0v) is 10.0. The molecular formula is C11H16N2O4. The lowest BCUT2D eigenvalue weighted by Gasteiger charge is -2.31. The summed E-state index contributed by atoms with van der Waals surface area (Å²) in [6.45, 7) is 1.37. The molecule has 17 heavy (non-hydrogen) atoms. The van der Waals surface area contributed by atoms with Gasteiger partial charge in [0.1, 0.15) is 5.54 Å². The molecule has 0 spiro atoms. The molecule has 6 nitrogen and oxygen atoms in total. The van der Waals surface area contributed by atoms with Gasteiger partial charge in [-0.25, -0.2) is 4.79 Å². The Morgan fingerprint density at radius 2 is 1.65 bits per heavy atom. The van der Waals surface area contributed by atoms with Gasteiger partial charge in [-0.2, -0.15) is 0 Å². The summed E-state index contributed by atoms with van der Waals surface area (Å²) in [4.78, 5) is 27.0. The molecule has 0 saturated carbocycles. The molecule has 0 aromatic rings. The number of likely N-dealkylation sites (N-methyl/N-ethyl adjacent to an activating group) is 2. The first-order valence-electron chi connectivity index (χ1n) is 5.84. The van der Waals surface area contributed by atoms with Gasteiger partial charge in [0.05, 0.1) is 25.4 Å². The van der Waals surface area contributed by atoms with Gasteiger partial charge in [-0.3, -0.25) is 9.69 Å². The van der Waals surface area contributed by atoms with E-state index in [1.165, 1.54) is 11.9 Å². The summed E-state index contributed by atoms with van der Waals surface area (Å²) in [5.74, 6) is -0.129. The maximum absolute atomic E-state index is 12.3. The summed E-state index contributed by atoms with van der Waals surface area (Å²) < 4.78 is 10.4. The Hall–Kier alpha value is -1.14. The van der Waals surface area contributed by atoms with Gasteiger partial charge in [0.25, 0.3) is 5.91 Å². The molecule has 94 valence electrons. The molecule has 3 aliphatic heterocycles. The van der Waals surface area contributed by atoms with Crippen LogP contribution in [0.5, 0.6) is 0 Å². The third kappa shape index (κ3) is 1.63. The number of imide groups is 1. The van der Waals surface area contributed by atoms with Crippen molar-refractivity contribution in [3.05, 3.63) is 0 Å². The predicted octanol–water partition coefficient (Wildman–Crippen LogP) is -0.173. The molecule has 0 aliphatic carbocycles. The van der Waals surface area contributed by atoms with Crippen LogP contribution in [-0.2, 0) is 14.3 Å². The molecule has 3 saturated heterocycles. The van der Waals surface area contributed by atoms with E-state index < -0.39 is 5.54 Å². The van der Waals surface area contributed by atoms with Crippen molar-refractivity contribution >= 4 is 11.9 Å². The summed E-state index contributed by atoms with van der Waals surface area (Å²) in [5.41, 5.74) is -0.756. The Kier molecular flexibility index (Phi) is 2.21. The quantitative estimate of drug-likeness (QED) is 0.505. The number of carbonyl (C=O) groups excluding carboxylic acids is 2. The van der Waals surface area contributed by atoms with Gasteiger partial charge in [-0.15, -0.1) is 0 Å². The largest absolute Gasteiger partial charge is 0.373 e. The van der Waals surface area contributed by atoms with Crippen LogP contribution in [0.3, 0.4) is 0 Å². The first-order valence-corrected chi connectivity index (χ1v) is 5.84. The maximum Gasteiger partial charge on any atom is 0.327 e. The third-order valence-corrected chi connectivity index (χ3v) is 3.85. The SMILES string of the molecule is CN1C(=O)N(C)C(CC2CO2)(CC2CO2)C1=O. The fourth-order valence-corrected chi connectivity index (χ4v) is 2.61. The third-order valence-electron chi connectivity index (χ3n) is 3.85. The van der Waals surface area contributed by atoms with Crippen LogP contribution in [0.25, 0.3) is 0 Å². The van der Waals surface area contributed by atoms with Crippen molar-refractivity contribution in [2.24, 2.45) is 0 Å². The Labute approximate surface area is 99.4 Å². The summed E-state index contributed by atoms with van der Waals surface area (Å²) in [5, 5.41) is 0. The van der Waals surface area contributed by atoms with E-state index in [2.05, 4.69) is 0 Å². The highest BCUT2D eigenvalue weighted by molar-refractivity contribution is 6.06. The number of rotatable bonds is 4. The molecule has 0 aromatic heterocycles. The number of epoxide rings is 2. The van der Waals surface area contributed by atoms with Crippen LogP contribution in [-0.4, -0.2) is 66.8 Å².